The van der Waals surface area contributed by atoms with Crippen molar-refractivity contribution in [1.29, 1.82) is 0 Å². The zero-order chi connectivity index (χ0) is 19.6. The molecule has 27 heavy (non-hydrogen) atoms. The molecule has 0 fully saturated rings. The quantitative estimate of drug-likeness (QED) is 0.446. The van der Waals surface area contributed by atoms with Crippen molar-refractivity contribution in [2.45, 2.75) is 20.5 Å². The van der Waals surface area contributed by atoms with E-state index < -0.39 is 11.8 Å². The van der Waals surface area contributed by atoms with Crippen LogP contribution in [-0.2, 0) is 16.2 Å². The molecule has 142 valence electrons. The Hall–Kier alpha value is -3.22. The Morgan fingerprint density at radius 1 is 1.07 bits per heavy atom. The summed E-state index contributed by atoms with van der Waals surface area (Å²) in [6.45, 7) is 4.62. The lowest BCUT2D eigenvalue weighted by Crippen LogP contribution is -2.39. The van der Waals surface area contributed by atoms with Gasteiger partial charge in [-0.05, 0) is 53.4 Å². The van der Waals surface area contributed by atoms with E-state index in [0.29, 0.717) is 18.9 Å². The second-order valence-electron chi connectivity index (χ2n) is 6.29. The van der Waals surface area contributed by atoms with E-state index in [2.05, 4.69) is 15.8 Å². The summed E-state index contributed by atoms with van der Waals surface area (Å²) in [4.78, 5) is 23.1. The van der Waals surface area contributed by atoms with Crippen molar-refractivity contribution < 1.29 is 18.7 Å². The molecule has 6 nitrogen and oxygen atoms in total. The van der Waals surface area contributed by atoms with Crippen LogP contribution in [0.15, 0.2) is 53.6 Å². The number of hydrazone groups is 1. The molecule has 0 aliphatic rings. The number of ether oxygens (including phenoxy) is 1. The van der Waals surface area contributed by atoms with Crippen molar-refractivity contribution >= 4 is 18.0 Å². The lowest BCUT2D eigenvalue weighted by Gasteiger charge is -2.07. The number of carbonyl (C=O) groups is 2. The Bertz CT molecular complexity index is 787. The minimum absolute atomic E-state index is 0.258. The molecule has 7 heteroatoms. The highest BCUT2D eigenvalue weighted by atomic mass is 19.1. The van der Waals surface area contributed by atoms with Gasteiger partial charge < -0.3 is 10.1 Å². The van der Waals surface area contributed by atoms with Crippen molar-refractivity contribution in [1.82, 2.24) is 10.7 Å². The molecule has 0 aliphatic heterocycles. The highest BCUT2D eigenvalue weighted by Gasteiger charge is 2.11. The molecule has 2 amide bonds. The number of halogens is 1. The molecule has 0 radical (unpaired) electrons. The highest BCUT2D eigenvalue weighted by molar-refractivity contribution is 6.35. The van der Waals surface area contributed by atoms with Crippen LogP contribution in [-0.4, -0.2) is 24.6 Å². The Kier molecular flexibility index (Phi) is 7.49. The largest absolute Gasteiger partial charge is 0.489 e. The minimum Gasteiger partial charge on any atom is -0.489 e. The molecule has 0 heterocycles. The predicted octanol–water partition coefficient (Wildman–Crippen LogP) is 2.63. The number of nitrogens with zero attached hydrogens (tertiary/aromatic N) is 1. The van der Waals surface area contributed by atoms with E-state index >= 15 is 0 Å². The van der Waals surface area contributed by atoms with Gasteiger partial charge in [0.1, 0.15) is 18.2 Å². The van der Waals surface area contributed by atoms with Crippen LogP contribution in [0.1, 0.15) is 25.0 Å². The maximum absolute atomic E-state index is 12.9. The average molecular weight is 371 g/mol. The number of hydrogen-bond acceptors (Lipinski definition) is 4. The van der Waals surface area contributed by atoms with Gasteiger partial charge in [-0.2, -0.15) is 5.10 Å². The fraction of sp³-hybridized carbons (Fsp3) is 0.250. The van der Waals surface area contributed by atoms with E-state index in [-0.39, 0.29) is 11.7 Å². The number of rotatable bonds is 7. The molecule has 0 aromatic heterocycles. The molecule has 0 bridgehead atoms. The van der Waals surface area contributed by atoms with E-state index in [1.165, 1.54) is 18.3 Å². The zero-order valence-corrected chi connectivity index (χ0v) is 15.2. The van der Waals surface area contributed by atoms with Crippen LogP contribution in [0.25, 0.3) is 0 Å². The third kappa shape index (κ3) is 7.27. The molecular weight excluding hydrogens is 349 g/mol. The van der Waals surface area contributed by atoms with Gasteiger partial charge in [0.15, 0.2) is 0 Å². The summed E-state index contributed by atoms with van der Waals surface area (Å²) in [5.41, 5.74) is 3.77. The number of nitrogens with one attached hydrogen (secondary N) is 2. The van der Waals surface area contributed by atoms with Gasteiger partial charge in [-0.3, -0.25) is 9.59 Å². The molecule has 2 rings (SSSR count). The van der Waals surface area contributed by atoms with Crippen molar-refractivity contribution in [3.63, 3.8) is 0 Å². The summed E-state index contributed by atoms with van der Waals surface area (Å²) in [5.74, 6) is -0.911. The van der Waals surface area contributed by atoms with Gasteiger partial charge >= 0.3 is 11.8 Å². The van der Waals surface area contributed by atoms with Gasteiger partial charge in [-0.25, -0.2) is 9.82 Å². The summed E-state index contributed by atoms with van der Waals surface area (Å²) < 4.78 is 18.5. The Morgan fingerprint density at radius 2 is 1.74 bits per heavy atom. The van der Waals surface area contributed by atoms with Gasteiger partial charge in [-0.15, -0.1) is 0 Å². The van der Waals surface area contributed by atoms with Crippen molar-refractivity contribution in [3.05, 3.63) is 65.5 Å². The summed E-state index contributed by atoms with van der Waals surface area (Å²) in [6, 6.07) is 13.1. The molecule has 2 N–H and O–H groups in total. The number of amides is 2. The summed E-state index contributed by atoms with van der Waals surface area (Å²) in [6.07, 6.45) is 1.43. The fourth-order valence-electron chi connectivity index (χ4n) is 1.99. The van der Waals surface area contributed by atoms with Crippen LogP contribution in [0.2, 0.25) is 0 Å². The van der Waals surface area contributed by atoms with Gasteiger partial charge in [0.2, 0.25) is 0 Å². The SMILES string of the molecule is CC(C)CNC(=O)C(=O)N/N=C\c1ccc(OCc2ccc(F)cc2)cc1. The maximum atomic E-state index is 12.9. The maximum Gasteiger partial charge on any atom is 0.329 e. The van der Waals surface area contributed by atoms with Crippen LogP contribution in [0.5, 0.6) is 5.75 Å². The van der Waals surface area contributed by atoms with Gasteiger partial charge in [-0.1, -0.05) is 26.0 Å². The van der Waals surface area contributed by atoms with Crippen LogP contribution in [0, 0.1) is 11.7 Å². The predicted molar refractivity (Wildman–Crippen MR) is 101 cm³/mol. The Morgan fingerprint density at radius 3 is 2.37 bits per heavy atom. The van der Waals surface area contributed by atoms with E-state index in [4.69, 9.17) is 4.74 Å². The highest BCUT2D eigenvalue weighted by Crippen LogP contribution is 2.13. The van der Waals surface area contributed by atoms with Gasteiger partial charge in [0.05, 0.1) is 6.21 Å². The zero-order valence-electron chi connectivity index (χ0n) is 15.2. The summed E-state index contributed by atoms with van der Waals surface area (Å²) in [5, 5.41) is 6.27. The second kappa shape index (κ2) is 10.1. The number of carbonyl (C=O) groups excluding carboxylic acids is 2. The molecule has 0 spiro atoms. The third-order valence-corrected chi connectivity index (χ3v) is 3.46. The van der Waals surface area contributed by atoms with Crippen LogP contribution >= 0.6 is 0 Å². The summed E-state index contributed by atoms with van der Waals surface area (Å²) in [7, 11) is 0. The van der Waals surface area contributed by atoms with Crippen LogP contribution in [0.4, 0.5) is 4.39 Å². The van der Waals surface area contributed by atoms with Crippen LogP contribution in [0.3, 0.4) is 0 Å². The topological polar surface area (TPSA) is 79.8 Å². The smallest absolute Gasteiger partial charge is 0.329 e. The normalized spacial score (nSPS) is 10.8. The second-order valence-corrected chi connectivity index (χ2v) is 6.29. The minimum atomic E-state index is -0.814. The monoisotopic (exact) mass is 371 g/mol. The fourth-order valence-corrected chi connectivity index (χ4v) is 1.99. The van der Waals surface area contributed by atoms with E-state index in [1.807, 2.05) is 13.8 Å². The lowest BCUT2D eigenvalue weighted by molar-refractivity contribution is -0.139. The van der Waals surface area contributed by atoms with Crippen LogP contribution < -0.4 is 15.5 Å². The number of benzene rings is 2. The molecule has 2 aromatic rings. The first-order valence-corrected chi connectivity index (χ1v) is 8.52. The molecular formula is C20H22FN3O3. The summed E-state index contributed by atoms with van der Waals surface area (Å²) >= 11 is 0. The molecule has 0 saturated heterocycles. The molecule has 0 saturated carbocycles. The molecule has 0 unspecified atom stereocenters. The van der Waals surface area contributed by atoms with Crippen molar-refractivity contribution in [2.75, 3.05) is 6.54 Å². The Balaban J connectivity index is 1.79. The van der Waals surface area contributed by atoms with Gasteiger partial charge in [0.25, 0.3) is 0 Å². The average Bonchev–Trinajstić information content (AvgIpc) is 2.66. The first-order chi connectivity index (χ1) is 12.9. The molecule has 2 aromatic carbocycles. The molecule has 0 atom stereocenters. The number of hydrogen-bond donors (Lipinski definition) is 2. The Labute approximate surface area is 157 Å². The van der Waals surface area contributed by atoms with Crippen molar-refractivity contribution in [3.8, 4) is 5.75 Å². The van der Waals surface area contributed by atoms with Crippen molar-refractivity contribution in [2.24, 2.45) is 11.0 Å². The van der Waals surface area contributed by atoms with E-state index in [9.17, 15) is 14.0 Å². The first-order valence-electron chi connectivity index (χ1n) is 8.52. The third-order valence-electron chi connectivity index (χ3n) is 3.46. The lowest BCUT2D eigenvalue weighted by atomic mass is 10.2. The van der Waals surface area contributed by atoms with Gasteiger partial charge in [0, 0.05) is 6.54 Å². The van der Waals surface area contributed by atoms with E-state index in [0.717, 1.165) is 11.1 Å². The molecule has 0 aliphatic carbocycles. The standard InChI is InChI=1S/C20H22FN3O3/c1-14(2)11-22-19(25)20(26)24-23-12-15-5-9-18(10-6-15)27-13-16-3-7-17(21)8-4-16/h3-10,12,14H,11,13H2,1-2H3,(H,22,25)(H,24,26)/b23-12-. The van der Waals surface area contributed by atoms with E-state index in [1.54, 1.807) is 36.4 Å². The first kappa shape index (κ1) is 20.1.